The number of aliphatic carboxylic acids is 1. The first-order valence-corrected chi connectivity index (χ1v) is 4.49. The van der Waals surface area contributed by atoms with Gasteiger partial charge >= 0.3 is 5.97 Å². The maximum absolute atomic E-state index is 10.5. The summed E-state index contributed by atoms with van der Waals surface area (Å²) in [5, 5.41) is 8.64. The van der Waals surface area contributed by atoms with Crippen LogP contribution in [0.15, 0.2) is 24.3 Å². The van der Waals surface area contributed by atoms with Gasteiger partial charge in [0.05, 0.1) is 13.5 Å². The Morgan fingerprint density at radius 2 is 2.29 bits per heavy atom. The summed E-state index contributed by atoms with van der Waals surface area (Å²) in [7, 11) is 1.60. The zero-order valence-corrected chi connectivity index (χ0v) is 8.36. The van der Waals surface area contributed by atoms with Crippen LogP contribution in [0.25, 0.3) is 0 Å². The molecule has 14 heavy (non-hydrogen) atoms. The summed E-state index contributed by atoms with van der Waals surface area (Å²) in [5.41, 5.74) is 0.992. The summed E-state index contributed by atoms with van der Waals surface area (Å²) in [6.45, 7) is 1.89. The Morgan fingerprint density at radius 1 is 1.57 bits per heavy atom. The lowest BCUT2D eigenvalue weighted by Gasteiger charge is -2.10. The highest BCUT2D eigenvalue weighted by Gasteiger charge is 2.10. The molecule has 0 unspecified atom stereocenters. The number of hydrogen-bond acceptors (Lipinski definition) is 2. The Balaban J connectivity index is 2.78. The molecule has 0 bridgehead atoms. The third kappa shape index (κ3) is 2.76. The van der Waals surface area contributed by atoms with E-state index in [2.05, 4.69) is 0 Å². The molecule has 0 aliphatic heterocycles. The minimum atomic E-state index is -0.777. The average molecular weight is 194 g/mol. The van der Waals surface area contributed by atoms with E-state index in [9.17, 15) is 4.79 Å². The van der Waals surface area contributed by atoms with Gasteiger partial charge in [0.25, 0.3) is 0 Å². The van der Waals surface area contributed by atoms with Crippen LogP contribution in [-0.4, -0.2) is 18.2 Å². The van der Waals surface area contributed by atoms with Crippen molar-refractivity contribution in [2.45, 2.75) is 19.3 Å². The van der Waals surface area contributed by atoms with E-state index in [0.29, 0.717) is 0 Å². The molecule has 0 heterocycles. The third-order valence-electron chi connectivity index (χ3n) is 2.14. The number of ether oxygens (including phenoxy) is 1. The first kappa shape index (κ1) is 10.6. The SMILES string of the molecule is COc1cccc([C@@H](C)CC(=O)O)c1. The Hall–Kier alpha value is -1.51. The van der Waals surface area contributed by atoms with Crippen molar-refractivity contribution in [3.63, 3.8) is 0 Å². The van der Waals surface area contributed by atoms with E-state index in [1.807, 2.05) is 31.2 Å². The minimum Gasteiger partial charge on any atom is -0.497 e. The van der Waals surface area contributed by atoms with Gasteiger partial charge in [-0.15, -0.1) is 0 Å². The van der Waals surface area contributed by atoms with Gasteiger partial charge in [0, 0.05) is 0 Å². The van der Waals surface area contributed by atoms with Gasteiger partial charge in [-0.25, -0.2) is 0 Å². The van der Waals surface area contributed by atoms with E-state index >= 15 is 0 Å². The molecule has 1 rings (SSSR count). The molecule has 1 aromatic rings. The number of carboxylic acid groups (broad SMARTS) is 1. The summed E-state index contributed by atoms with van der Waals surface area (Å²) >= 11 is 0. The van der Waals surface area contributed by atoms with Crippen LogP contribution < -0.4 is 4.74 Å². The van der Waals surface area contributed by atoms with Crippen LogP contribution in [0.1, 0.15) is 24.8 Å². The van der Waals surface area contributed by atoms with E-state index in [4.69, 9.17) is 9.84 Å². The lowest BCUT2D eigenvalue weighted by atomic mass is 9.98. The van der Waals surface area contributed by atoms with E-state index < -0.39 is 5.97 Å². The van der Waals surface area contributed by atoms with Gasteiger partial charge in [-0.2, -0.15) is 0 Å². The van der Waals surface area contributed by atoms with E-state index in [-0.39, 0.29) is 12.3 Å². The van der Waals surface area contributed by atoms with Gasteiger partial charge in [-0.1, -0.05) is 19.1 Å². The van der Waals surface area contributed by atoms with E-state index in [0.717, 1.165) is 11.3 Å². The molecule has 0 aliphatic carbocycles. The highest BCUT2D eigenvalue weighted by Crippen LogP contribution is 2.22. The third-order valence-corrected chi connectivity index (χ3v) is 2.14. The van der Waals surface area contributed by atoms with Crippen molar-refractivity contribution < 1.29 is 14.6 Å². The number of benzene rings is 1. The topological polar surface area (TPSA) is 46.5 Å². The van der Waals surface area contributed by atoms with Gasteiger partial charge in [-0.05, 0) is 23.6 Å². The first-order valence-electron chi connectivity index (χ1n) is 4.49. The summed E-state index contributed by atoms with van der Waals surface area (Å²) in [6.07, 6.45) is 0.146. The standard InChI is InChI=1S/C11H14O3/c1-8(6-11(12)13)9-4-3-5-10(7-9)14-2/h3-5,7-8H,6H2,1-2H3,(H,12,13)/t8-/m0/s1. The number of carboxylic acids is 1. The Bertz CT molecular complexity index is 320. The molecule has 1 N–H and O–H groups in total. The van der Waals surface area contributed by atoms with Gasteiger partial charge in [0.1, 0.15) is 5.75 Å². The van der Waals surface area contributed by atoms with Crippen LogP contribution in [-0.2, 0) is 4.79 Å². The molecule has 1 aromatic carbocycles. The fraction of sp³-hybridized carbons (Fsp3) is 0.364. The molecule has 0 amide bonds. The molecule has 0 saturated heterocycles. The molecule has 0 fully saturated rings. The minimum absolute atomic E-state index is 0.0163. The highest BCUT2D eigenvalue weighted by molar-refractivity contribution is 5.68. The molecule has 0 spiro atoms. The first-order chi connectivity index (χ1) is 6.63. The molecule has 0 aromatic heterocycles. The fourth-order valence-electron chi connectivity index (χ4n) is 1.33. The smallest absolute Gasteiger partial charge is 0.303 e. The molecule has 3 nitrogen and oxygen atoms in total. The maximum atomic E-state index is 10.5. The van der Waals surface area contributed by atoms with Crippen molar-refractivity contribution in [2.24, 2.45) is 0 Å². The second-order valence-corrected chi connectivity index (χ2v) is 3.28. The molecule has 1 atom stereocenters. The monoisotopic (exact) mass is 194 g/mol. The number of carbonyl (C=O) groups is 1. The van der Waals surface area contributed by atoms with Gasteiger partial charge < -0.3 is 9.84 Å². The predicted octanol–water partition coefficient (Wildman–Crippen LogP) is 2.27. The highest BCUT2D eigenvalue weighted by atomic mass is 16.5. The largest absolute Gasteiger partial charge is 0.497 e. The van der Waals surface area contributed by atoms with Crippen molar-refractivity contribution >= 4 is 5.97 Å². The van der Waals surface area contributed by atoms with Crippen LogP contribution in [0, 0.1) is 0 Å². The summed E-state index contributed by atoms with van der Waals surface area (Å²) in [4.78, 5) is 10.5. The van der Waals surface area contributed by atoms with Gasteiger partial charge in [-0.3, -0.25) is 4.79 Å². The number of hydrogen-bond donors (Lipinski definition) is 1. The molecular formula is C11H14O3. The van der Waals surface area contributed by atoms with Crippen LogP contribution in [0.2, 0.25) is 0 Å². The molecule has 0 saturated carbocycles. The van der Waals surface area contributed by atoms with Gasteiger partial charge in [0.2, 0.25) is 0 Å². The second-order valence-electron chi connectivity index (χ2n) is 3.28. The maximum Gasteiger partial charge on any atom is 0.303 e. The molecule has 0 aliphatic rings. The van der Waals surface area contributed by atoms with Crippen molar-refractivity contribution in [1.29, 1.82) is 0 Å². The lowest BCUT2D eigenvalue weighted by Crippen LogP contribution is -2.02. The average Bonchev–Trinajstić information content (AvgIpc) is 2.17. The van der Waals surface area contributed by atoms with E-state index in [1.165, 1.54) is 0 Å². The predicted molar refractivity (Wildman–Crippen MR) is 53.7 cm³/mol. The van der Waals surface area contributed by atoms with Crippen molar-refractivity contribution in [2.75, 3.05) is 7.11 Å². The van der Waals surface area contributed by atoms with Crippen LogP contribution in [0.5, 0.6) is 5.75 Å². The second kappa shape index (κ2) is 4.65. The van der Waals surface area contributed by atoms with Gasteiger partial charge in [0.15, 0.2) is 0 Å². The Kier molecular flexibility index (Phi) is 3.51. The van der Waals surface area contributed by atoms with Crippen molar-refractivity contribution in [3.8, 4) is 5.75 Å². The summed E-state index contributed by atoms with van der Waals surface area (Å²) in [5.74, 6) is 0.00246. The van der Waals surface area contributed by atoms with Crippen molar-refractivity contribution in [1.82, 2.24) is 0 Å². The van der Waals surface area contributed by atoms with Crippen molar-refractivity contribution in [3.05, 3.63) is 29.8 Å². The fourth-order valence-corrected chi connectivity index (χ4v) is 1.33. The summed E-state index contributed by atoms with van der Waals surface area (Å²) < 4.78 is 5.06. The normalized spacial score (nSPS) is 12.1. The Morgan fingerprint density at radius 3 is 2.86 bits per heavy atom. The lowest BCUT2D eigenvalue weighted by molar-refractivity contribution is -0.137. The Labute approximate surface area is 83.3 Å². The molecule has 0 radical (unpaired) electrons. The summed E-state index contributed by atoms with van der Waals surface area (Å²) in [6, 6.07) is 7.49. The number of methoxy groups -OCH3 is 1. The zero-order chi connectivity index (χ0) is 10.6. The molecular weight excluding hydrogens is 180 g/mol. The van der Waals surface area contributed by atoms with Crippen LogP contribution in [0.3, 0.4) is 0 Å². The molecule has 3 heteroatoms. The quantitative estimate of drug-likeness (QED) is 0.799. The number of rotatable bonds is 4. The van der Waals surface area contributed by atoms with E-state index in [1.54, 1.807) is 7.11 Å². The zero-order valence-electron chi connectivity index (χ0n) is 8.36. The van der Waals surface area contributed by atoms with Crippen LogP contribution in [0.4, 0.5) is 0 Å². The van der Waals surface area contributed by atoms with Crippen LogP contribution >= 0.6 is 0 Å². The molecule has 76 valence electrons.